The fourth-order valence-electron chi connectivity index (χ4n) is 3.11. The highest BCUT2D eigenvalue weighted by atomic mass is 35.5. The molecule has 6 heteroatoms. The summed E-state index contributed by atoms with van der Waals surface area (Å²) in [4.78, 5) is 2.50. The van der Waals surface area contributed by atoms with Gasteiger partial charge in [-0.15, -0.1) is 10.2 Å². The summed E-state index contributed by atoms with van der Waals surface area (Å²) in [5.41, 5.74) is 0.933. The Morgan fingerprint density at radius 2 is 2.04 bits per heavy atom. The topological polar surface area (TPSA) is 34.0 Å². The molecular formula is C17H23ClN4S. The number of likely N-dealkylation sites (tertiary alicyclic amines) is 1. The average Bonchev–Trinajstić information content (AvgIpc) is 2.91. The minimum atomic E-state index is 0.711. The van der Waals surface area contributed by atoms with Crippen LogP contribution in [0.1, 0.15) is 25.7 Å². The lowest BCUT2D eigenvalue weighted by Gasteiger charge is -2.32. The van der Waals surface area contributed by atoms with Crippen LogP contribution in [-0.2, 0) is 7.05 Å². The van der Waals surface area contributed by atoms with Crippen molar-refractivity contribution >= 4 is 23.4 Å². The third-order valence-electron chi connectivity index (χ3n) is 4.55. The first-order valence-electron chi connectivity index (χ1n) is 8.14. The van der Waals surface area contributed by atoms with Crippen molar-refractivity contribution in [2.24, 2.45) is 7.05 Å². The standard InChI is InChI=1S/C17H23ClN4S/c1-21-11-6-5-7-13(21)10-12-23-17-20-19-16(22(17)2)14-8-3-4-9-15(14)18/h3-4,8-9,13H,5-7,10-12H2,1-2H3. The van der Waals surface area contributed by atoms with Gasteiger partial charge in [-0.1, -0.05) is 41.9 Å². The molecule has 0 aliphatic carbocycles. The van der Waals surface area contributed by atoms with E-state index in [1.54, 1.807) is 11.8 Å². The molecule has 0 N–H and O–H groups in total. The van der Waals surface area contributed by atoms with E-state index < -0.39 is 0 Å². The molecule has 23 heavy (non-hydrogen) atoms. The van der Waals surface area contributed by atoms with E-state index in [-0.39, 0.29) is 0 Å². The van der Waals surface area contributed by atoms with Gasteiger partial charge in [0.1, 0.15) is 0 Å². The van der Waals surface area contributed by atoms with Gasteiger partial charge in [-0.25, -0.2) is 0 Å². The van der Waals surface area contributed by atoms with Crippen molar-refractivity contribution in [3.05, 3.63) is 29.3 Å². The van der Waals surface area contributed by atoms with Crippen molar-refractivity contribution in [2.45, 2.75) is 36.9 Å². The van der Waals surface area contributed by atoms with Crippen molar-refractivity contribution < 1.29 is 0 Å². The molecule has 0 radical (unpaired) electrons. The maximum atomic E-state index is 6.27. The third-order valence-corrected chi connectivity index (χ3v) is 5.94. The maximum absolute atomic E-state index is 6.27. The van der Waals surface area contributed by atoms with Gasteiger partial charge in [0, 0.05) is 24.4 Å². The molecule has 124 valence electrons. The van der Waals surface area contributed by atoms with Crippen LogP contribution in [0.3, 0.4) is 0 Å². The van der Waals surface area contributed by atoms with Crippen LogP contribution in [-0.4, -0.2) is 45.1 Å². The molecule has 1 aliphatic heterocycles. The molecule has 4 nitrogen and oxygen atoms in total. The van der Waals surface area contributed by atoms with Crippen molar-refractivity contribution in [3.8, 4) is 11.4 Å². The zero-order valence-corrected chi connectivity index (χ0v) is 15.3. The van der Waals surface area contributed by atoms with Gasteiger partial charge >= 0.3 is 0 Å². The minimum absolute atomic E-state index is 0.711. The van der Waals surface area contributed by atoms with Gasteiger partial charge in [-0.2, -0.15) is 0 Å². The molecule has 1 aliphatic rings. The zero-order valence-electron chi connectivity index (χ0n) is 13.7. The first-order chi connectivity index (χ1) is 11.2. The quantitative estimate of drug-likeness (QED) is 0.760. The molecule has 3 rings (SSSR count). The number of piperidine rings is 1. The van der Waals surface area contributed by atoms with E-state index >= 15 is 0 Å². The Labute approximate surface area is 147 Å². The molecule has 1 saturated heterocycles. The second kappa shape index (κ2) is 7.69. The Hall–Kier alpha value is -1.04. The van der Waals surface area contributed by atoms with Crippen molar-refractivity contribution in [1.29, 1.82) is 0 Å². The van der Waals surface area contributed by atoms with E-state index in [2.05, 4.69) is 22.1 Å². The lowest BCUT2D eigenvalue weighted by molar-refractivity contribution is 0.182. The zero-order chi connectivity index (χ0) is 16.2. The molecule has 1 aromatic carbocycles. The largest absolute Gasteiger partial charge is 0.305 e. The molecule has 0 saturated carbocycles. The van der Waals surface area contributed by atoms with Gasteiger partial charge < -0.3 is 9.47 Å². The lowest BCUT2D eigenvalue weighted by atomic mass is 10.0. The third kappa shape index (κ3) is 3.90. The monoisotopic (exact) mass is 350 g/mol. The van der Waals surface area contributed by atoms with Gasteiger partial charge in [0.2, 0.25) is 0 Å². The molecule has 1 aromatic heterocycles. The second-order valence-corrected chi connectivity index (χ2v) is 7.58. The summed E-state index contributed by atoms with van der Waals surface area (Å²) in [5, 5.41) is 10.3. The fraction of sp³-hybridized carbons (Fsp3) is 0.529. The van der Waals surface area contributed by atoms with E-state index in [9.17, 15) is 0 Å². The predicted octanol–water partition coefficient (Wildman–Crippen LogP) is 4.10. The molecule has 0 bridgehead atoms. The van der Waals surface area contributed by atoms with E-state index in [1.807, 2.05) is 35.9 Å². The van der Waals surface area contributed by atoms with Crippen LogP contribution in [0.4, 0.5) is 0 Å². The highest BCUT2D eigenvalue weighted by Gasteiger charge is 2.19. The first-order valence-corrected chi connectivity index (χ1v) is 9.50. The van der Waals surface area contributed by atoms with E-state index in [1.165, 1.54) is 32.2 Å². The van der Waals surface area contributed by atoms with Crippen LogP contribution in [0.15, 0.2) is 29.4 Å². The number of halogens is 1. The maximum Gasteiger partial charge on any atom is 0.191 e. The first kappa shape index (κ1) is 16.8. The molecular weight excluding hydrogens is 328 g/mol. The van der Waals surface area contributed by atoms with Crippen molar-refractivity contribution in [3.63, 3.8) is 0 Å². The molecule has 1 unspecified atom stereocenters. The summed E-state index contributed by atoms with van der Waals surface area (Å²) in [6.45, 7) is 1.23. The summed E-state index contributed by atoms with van der Waals surface area (Å²) >= 11 is 8.05. The van der Waals surface area contributed by atoms with E-state index in [0.29, 0.717) is 11.1 Å². The van der Waals surface area contributed by atoms with Crippen molar-refractivity contribution in [2.75, 3.05) is 19.3 Å². The number of hydrogen-bond acceptors (Lipinski definition) is 4. The fourth-order valence-corrected chi connectivity index (χ4v) is 4.28. The van der Waals surface area contributed by atoms with Crippen LogP contribution in [0.2, 0.25) is 5.02 Å². The molecule has 1 atom stereocenters. The Bertz CT molecular complexity index is 658. The average molecular weight is 351 g/mol. The number of hydrogen-bond donors (Lipinski definition) is 0. The highest BCUT2D eigenvalue weighted by Crippen LogP contribution is 2.29. The number of aromatic nitrogens is 3. The van der Waals surface area contributed by atoms with Crippen LogP contribution < -0.4 is 0 Å². The molecule has 2 heterocycles. The van der Waals surface area contributed by atoms with Crippen LogP contribution in [0, 0.1) is 0 Å². The molecule has 0 spiro atoms. The van der Waals surface area contributed by atoms with Crippen LogP contribution in [0.25, 0.3) is 11.4 Å². The summed E-state index contributed by atoms with van der Waals surface area (Å²) in [5.74, 6) is 1.90. The SMILES string of the molecule is CN1CCCCC1CCSc1nnc(-c2ccccc2Cl)n1C. The van der Waals surface area contributed by atoms with Crippen LogP contribution >= 0.6 is 23.4 Å². The van der Waals surface area contributed by atoms with Gasteiger partial charge in [-0.05, 0) is 45.0 Å². The lowest BCUT2D eigenvalue weighted by Crippen LogP contribution is -2.36. The minimum Gasteiger partial charge on any atom is -0.305 e. The Morgan fingerprint density at radius 3 is 2.83 bits per heavy atom. The summed E-state index contributed by atoms with van der Waals surface area (Å²) in [6, 6.07) is 8.49. The van der Waals surface area contributed by atoms with Gasteiger partial charge in [0.15, 0.2) is 11.0 Å². The number of benzene rings is 1. The van der Waals surface area contributed by atoms with Crippen LogP contribution in [0.5, 0.6) is 0 Å². The Morgan fingerprint density at radius 1 is 1.22 bits per heavy atom. The normalized spacial score (nSPS) is 19.2. The van der Waals surface area contributed by atoms with Gasteiger partial charge in [0.05, 0.1) is 5.02 Å². The predicted molar refractivity (Wildman–Crippen MR) is 97.1 cm³/mol. The highest BCUT2D eigenvalue weighted by molar-refractivity contribution is 7.99. The number of nitrogens with zero attached hydrogens (tertiary/aromatic N) is 4. The number of rotatable bonds is 5. The Balaban J connectivity index is 1.62. The second-order valence-electron chi connectivity index (χ2n) is 6.11. The molecule has 0 amide bonds. The number of thioether (sulfide) groups is 1. The van der Waals surface area contributed by atoms with E-state index in [0.717, 1.165) is 22.3 Å². The Kier molecular flexibility index (Phi) is 5.62. The summed E-state index contributed by atoms with van der Waals surface area (Å²) in [6.07, 6.45) is 5.22. The van der Waals surface area contributed by atoms with Gasteiger partial charge in [0.25, 0.3) is 0 Å². The summed E-state index contributed by atoms with van der Waals surface area (Å²) in [7, 11) is 4.25. The summed E-state index contributed by atoms with van der Waals surface area (Å²) < 4.78 is 2.04. The molecule has 1 fully saturated rings. The van der Waals surface area contributed by atoms with Gasteiger partial charge in [-0.3, -0.25) is 0 Å². The van der Waals surface area contributed by atoms with E-state index in [4.69, 9.17) is 11.6 Å². The van der Waals surface area contributed by atoms with Crippen molar-refractivity contribution in [1.82, 2.24) is 19.7 Å². The molecule has 2 aromatic rings. The smallest absolute Gasteiger partial charge is 0.191 e.